The van der Waals surface area contributed by atoms with Gasteiger partial charge in [-0.05, 0) is 42.9 Å². The summed E-state index contributed by atoms with van der Waals surface area (Å²) in [6.07, 6.45) is 8.33. The number of aromatic nitrogens is 2. The first-order valence-electron chi connectivity index (χ1n) is 4.65. The van der Waals surface area contributed by atoms with Gasteiger partial charge >= 0.3 is 0 Å². The van der Waals surface area contributed by atoms with Crippen LogP contribution in [0, 0.1) is 0 Å². The van der Waals surface area contributed by atoms with E-state index in [0.29, 0.717) is 5.02 Å². The third-order valence-electron chi connectivity index (χ3n) is 2.31. The molecule has 1 aliphatic rings. The number of nitrogens with zero attached hydrogens (tertiary/aromatic N) is 2. The maximum atomic E-state index is 6.01. The Bertz CT molecular complexity index is 374. The van der Waals surface area contributed by atoms with Gasteiger partial charge in [0.05, 0.1) is 16.9 Å². The molecule has 1 aromatic heterocycles. The lowest BCUT2D eigenvalue weighted by molar-refractivity contribution is 0.739. The van der Waals surface area contributed by atoms with Crippen molar-refractivity contribution in [2.75, 3.05) is 0 Å². The predicted molar refractivity (Wildman–Crippen MR) is 58.5 cm³/mol. The largest absolute Gasteiger partial charge is 0.225 e. The minimum atomic E-state index is 0.260. The highest BCUT2D eigenvalue weighted by Crippen LogP contribution is 2.30. The molecule has 0 atom stereocenters. The van der Waals surface area contributed by atoms with Gasteiger partial charge in [0.15, 0.2) is 0 Å². The highest BCUT2D eigenvalue weighted by atomic mass is 35.5. The van der Waals surface area contributed by atoms with Gasteiger partial charge in [-0.2, -0.15) is 0 Å². The zero-order chi connectivity index (χ0) is 9.97. The molecule has 0 amide bonds. The molecule has 14 heavy (non-hydrogen) atoms. The minimum Gasteiger partial charge on any atom is -0.225 e. The van der Waals surface area contributed by atoms with E-state index in [0.717, 1.165) is 18.5 Å². The predicted octanol–water partition coefficient (Wildman–Crippen LogP) is 3.74. The lowest BCUT2D eigenvalue weighted by Gasteiger charge is -2.12. The third kappa shape index (κ3) is 2.07. The average molecular weight is 229 g/mol. The van der Waals surface area contributed by atoms with E-state index in [9.17, 15) is 0 Å². The summed E-state index contributed by atoms with van der Waals surface area (Å²) >= 11 is 11.7. The molecule has 1 aromatic rings. The number of hydrogen-bond acceptors (Lipinski definition) is 2. The third-order valence-corrected chi connectivity index (χ3v) is 2.77. The Labute approximate surface area is 93.0 Å². The summed E-state index contributed by atoms with van der Waals surface area (Å²) in [7, 11) is 0. The molecule has 1 aliphatic carbocycles. The van der Waals surface area contributed by atoms with Gasteiger partial charge in [-0.25, -0.2) is 9.97 Å². The van der Waals surface area contributed by atoms with Gasteiger partial charge in [0.2, 0.25) is 5.28 Å². The molecule has 0 aromatic carbocycles. The normalized spacial score (nSPS) is 16.6. The van der Waals surface area contributed by atoms with Crippen LogP contribution < -0.4 is 0 Å². The fourth-order valence-corrected chi connectivity index (χ4v) is 1.97. The van der Waals surface area contributed by atoms with Crippen molar-refractivity contribution in [1.29, 1.82) is 0 Å². The van der Waals surface area contributed by atoms with Crippen LogP contribution in [0.2, 0.25) is 10.3 Å². The maximum absolute atomic E-state index is 6.01. The summed E-state index contributed by atoms with van der Waals surface area (Å²) in [5.74, 6) is 0. The van der Waals surface area contributed by atoms with Gasteiger partial charge in [-0.15, -0.1) is 0 Å². The molecule has 2 nitrogen and oxygen atoms in total. The second kappa shape index (κ2) is 4.28. The van der Waals surface area contributed by atoms with Crippen molar-refractivity contribution in [3.63, 3.8) is 0 Å². The lowest BCUT2D eigenvalue weighted by Crippen LogP contribution is -1.97. The quantitative estimate of drug-likeness (QED) is 0.685. The molecule has 0 aliphatic heterocycles. The molecular weight excluding hydrogens is 219 g/mol. The number of halogens is 2. The van der Waals surface area contributed by atoms with Gasteiger partial charge in [-0.3, -0.25) is 0 Å². The van der Waals surface area contributed by atoms with Crippen LogP contribution >= 0.6 is 23.2 Å². The van der Waals surface area contributed by atoms with Gasteiger partial charge in [0.1, 0.15) is 0 Å². The SMILES string of the molecule is Clc1ncc(Cl)c(C2=CCCCC2)n1. The van der Waals surface area contributed by atoms with Crippen LogP contribution in [0.1, 0.15) is 31.4 Å². The van der Waals surface area contributed by atoms with E-state index in [1.54, 1.807) is 6.20 Å². The van der Waals surface area contributed by atoms with Crippen molar-refractivity contribution in [3.8, 4) is 0 Å². The van der Waals surface area contributed by atoms with Crippen LogP contribution in [-0.4, -0.2) is 9.97 Å². The lowest BCUT2D eigenvalue weighted by atomic mass is 9.97. The molecule has 74 valence electrons. The first-order chi connectivity index (χ1) is 6.77. The van der Waals surface area contributed by atoms with Gasteiger partial charge in [-0.1, -0.05) is 17.7 Å². The highest BCUT2D eigenvalue weighted by Gasteiger charge is 2.12. The average Bonchev–Trinajstić information content (AvgIpc) is 2.23. The molecule has 0 spiro atoms. The zero-order valence-electron chi connectivity index (χ0n) is 7.63. The molecule has 0 saturated heterocycles. The molecule has 0 unspecified atom stereocenters. The fraction of sp³-hybridized carbons (Fsp3) is 0.400. The second-order valence-corrected chi connectivity index (χ2v) is 4.06. The summed E-state index contributed by atoms with van der Waals surface area (Å²) in [6, 6.07) is 0. The number of allylic oxidation sites excluding steroid dienone is 2. The van der Waals surface area contributed by atoms with Crippen LogP contribution in [0.15, 0.2) is 12.3 Å². The Morgan fingerprint density at radius 2 is 2.07 bits per heavy atom. The molecule has 0 fully saturated rings. The van der Waals surface area contributed by atoms with E-state index in [-0.39, 0.29) is 5.28 Å². The van der Waals surface area contributed by atoms with Gasteiger partial charge < -0.3 is 0 Å². The monoisotopic (exact) mass is 228 g/mol. The molecule has 0 radical (unpaired) electrons. The van der Waals surface area contributed by atoms with E-state index in [1.807, 2.05) is 0 Å². The molecular formula is C10H10Cl2N2. The van der Waals surface area contributed by atoms with E-state index < -0.39 is 0 Å². The van der Waals surface area contributed by atoms with Crippen molar-refractivity contribution in [1.82, 2.24) is 9.97 Å². The highest BCUT2D eigenvalue weighted by molar-refractivity contribution is 6.32. The standard InChI is InChI=1S/C10H10Cl2N2/c11-8-6-13-10(12)14-9(8)7-4-2-1-3-5-7/h4,6H,1-3,5H2. The zero-order valence-corrected chi connectivity index (χ0v) is 9.15. The first-order valence-corrected chi connectivity index (χ1v) is 5.40. The summed E-state index contributed by atoms with van der Waals surface area (Å²) in [5, 5.41) is 0.846. The van der Waals surface area contributed by atoms with Crippen LogP contribution in [-0.2, 0) is 0 Å². The summed E-state index contributed by atoms with van der Waals surface area (Å²) in [4.78, 5) is 7.98. The second-order valence-electron chi connectivity index (χ2n) is 3.31. The topological polar surface area (TPSA) is 25.8 Å². The van der Waals surface area contributed by atoms with Crippen LogP contribution in [0.3, 0.4) is 0 Å². The summed E-state index contributed by atoms with van der Waals surface area (Å²) in [5.41, 5.74) is 2.00. The molecule has 0 saturated carbocycles. The van der Waals surface area contributed by atoms with Crippen molar-refractivity contribution < 1.29 is 0 Å². The van der Waals surface area contributed by atoms with Gasteiger partial charge in [0.25, 0.3) is 0 Å². The summed E-state index contributed by atoms with van der Waals surface area (Å²) in [6.45, 7) is 0. The minimum absolute atomic E-state index is 0.260. The van der Waals surface area contributed by atoms with Crippen molar-refractivity contribution >= 4 is 28.8 Å². The van der Waals surface area contributed by atoms with E-state index in [2.05, 4.69) is 16.0 Å². The van der Waals surface area contributed by atoms with E-state index in [4.69, 9.17) is 23.2 Å². The molecule has 0 bridgehead atoms. The Morgan fingerprint density at radius 1 is 1.21 bits per heavy atom. The van der Waals surface area contributed by atoms with Gasteiger partial charge in [0, 0.05) is 0 Å². The number of rotatable bonds is 1. The Balaban J connectivity index is 2.39. The van der Waals surface area contributed by atoms with Crippen LogP contribution in [0.25, 0.3) is 5.57 Å². The molecule has 2 rings (SSSR count). The van der Waals surface area contributed by atoms with E-state index >= 15 is 0 Å². The van der Waals surface area contributed by atoms with E-state index in [1.165, 1.54) is 18.4 Å². The molecule has 1 heterocycles. The Morgan fingerprint density at radius 3 is 2.79 bits per heavy atom. The Kier molecular flexibility index (Phi) is 3.04. The smallest absolute Gasteiger partial charge is 0.222 e. The van der Waals surface area contributed by atoms with Crippen LogP contribution in [0.4, 0.5) is 0 Å². The van der Waals surface area contributed by atoms with Crippen molar-refractivity contribution in [3.05, 3.63) is 28.3 Å². The van der Waals surface area contributed by atoms with Crippen LogP contribution in [0.5, 0.6) is 0 Å². The molecule has 4 heteroatoms. The molecule has 0 N–H and O–H groups in total. The van der Waals surface area contributed by atoms with Crippen molar-refractivity contribution in [2.24, 2.45) is 0 Å². The summed E-state index contributed by atoms with van der Waals surface area (Å²) < 4.78 is 0. The maximum Gasteiger partial charge on any atom is 0.222 e. The van der Waals surface area contributed by atoms with Crippen molar-refractivity contribution in [2.45, 2.75) is 25.7 Å². The first kappa shape index (κ1) is 9.94. The Hall–Kier alpha value is -0.600. The fourth-order valence-electron chi connectivity index (χ4n) is 1.62. The number of hydrogen-bond donors (Lipinski definition) is 0.